The van der Waals surface area contributed by atoms with Crippen molar-refractivity contribution in [1.82, 2.24) is 0 Å². The Kier molecular flexibility index (Phi) is 5.12. The first-order valence-corrected chi connectivity index (χ1v) is 7.06. The molecule has 1 unspecified atom stereocenters. The Morgan fingerprint density at radius 2 is 1.62 bits per heavy atom. The van der Waals surface area contributed by atoms with E-state index in [0.29, 0.717) is 13.0 Å². The monoisotopic (exact) mass is 283 g/mol. The van der Waals surface area contributed by atoms with Gasteiger partial charge in [0.1, 0.15) is 0 Å². The van der Waals surface area contributed by atoms with Crippen LogP contribution in [-0.4, -0.2) is 19.6 Å². The van der Waals surface area contributed by atoms with Crippen LogP contribution in [0.3, 0.4) is 0 Å². The van der Waals surface area contributed by atoms with Crippen LogP contribution >= 0.6 is 0 Å². The Morgan fingerprint density at radius 1 is 1.05 bits per heavy atom. The van der Waals surface area contributed by atoms with E-state index in [1.54, 1.807) is 0 Å². The standard InChI is InChI=1S/C18H21NO2/c1-21-17(20)13-18(14-19,16-10-6-3-7-11-16)12-15-8-4-2-5-9-15/h2-11H,12-14,19H2,1H3. The lowest BCUT2D eigenvalue weighted by molar-refractivity contribution is -0.142. The highest BCUT2D eigenvalue weighted by molar-refractivity contribution is 5.71. The van der Waals surface area contributed by atoms with E-state index in [4.69, 9.17) is 10.5 Å². The van der Waals surface area contributed by atoms with E-state index in [-0.39, 0.29) is 12.4 Å². The molecule has 3 heteroatoms. The molecular weight excluding hydrogens is 262 g/mol. The summed E-state index contributed by atoms with van der Waals surface area (Å²) in [6.45, 7) is 0.390. The van der Waals surface area contributed by atoms with Gasteiger partial charge in [0, 0.05) is 12.0 Å². The Morgan fingerprint density at radius 3 is 2.14 bits per heavy atom. The minimum absolute atomic E-state index is 0.236. The van der Waals surface area contributed by atoms with Crippen LogP contribution in [0.4, 0.5) is 0 Å². The molecule has 0 aliphatic carbocycles. The molecule has 0 radical (unpaired) electrons. The molecule has 2 aromatic carbocycles. The number of nitrogens with two attached hydrogens (primary N) is 1. The molecule has 0 bridgehead atoms. The predicted molar refractivity (Wildman–Crippen MR) is 84.0 cm³/mol. The second-order valence-corrected chi connectivity index (χ2v) is 5.27. The molecule has 2 N–H and O–H groups in total. The number of hydrogen-bond acceptors (Lipinski definition) is 3. The van der Waals surface area contributed by atoms with Gasteiger partial charge >= 0.3 is 5.97 Å². The zero-order valence-electron chi connectivity index (χ0n) is 12.3. The van der Waals surface area contributed by atoms with Gasteiger partial charge in [-0.25, -0.2) is 0 Å². The van der Waals surface area contributed by atoms with Crippen molar-refractivity contribution >= 4 is 5.97 Å². The summed E-state index contributed by atoms with van der Waals surface area (Å²) < 4.78 is 4.87. The normalized spacial score (nSPS) is 13.4. The molecule has 21 heavy (non-hydrogen) atoms. The minimum atomic E-state index is -0.435. The zero-order valence-corrected chi connectivity index (χ0v) is 12.3. The molecule has 0 spiro atoms. The first-order valence-electron chi connectivity index (χ1n) is 7.06. The van der Waals surface area contributed by atoms with Crippen molar-refractivity contribution < 1.29 is 9.53 Å². The summed E-state index contributed by atoms with van der Waals surface area (Å²) in [5, 5.41) is 0. The molecule has 3 nitrogen and oxygen atoms in total. The van der Waals surface area contributed by atoms with Gasteiger partial charge in [-0.1, -0.05) is 60.7 Å². The Bertz CT molecular complexity index is 568. The summed E-state index contributed by atoms with van der Waals surface area (Å²) in [6.07, 6.45) is 0.988. The number of carbonyl (C=O) groups is 1. The van der Waals surface area contributed by atoms with E-state index in [1.165, 1.54) is 7.11 Å². The minimum Gasteiger partial charge on any atom is -0.469 e. The van der Waals surface area contributed by atoms with Crippen LogP contribution < -0.4 is 5.73 Å². The van der Waals surface area contributed by atoms with Crippen LogP contribution in [0.5, 0.6) is 0 Å². The molecule has 0 aliphatic heterocycles. The van der Waals surface area contributed by atoms with Crippen LogP contribution in [0.1, 0.15) is 17.5 Å². The van der Waals surface area contributed by atoms with Gasteiger partial charge in [-0.05, 0) is 17.5 Å². The summed E-state index contributed by atoms with van der Waals surface area (Å²) in [5.74, 6) is -0.236. The summed E-state index contributed by atoms with van der Waals surface area (Å²) in [7, 11) is 1.41. The molecule has 1 atom stereocenters. The number of esters is 1. The largest absolute Gasteiger partial charge is 0.469 e. The van der Waals surface area contributed by atoms with Crippen LogP contribution in [-0.2, 0) is 21.4 Å². The van der Waals surface area contributed by atoms with Gasteiger partial charge in [-0.2, -0.15) is 0 Å². The fraction of sp³-hybridized carbons (Fsp3) is 0.278. The van der Waals surface area contributed by atoms with E-state index < -0.39 is 5.41 Å². The Labute approximate surface area is 125 Å². The van der Waals surface area contributed by atoms with Crippen molar-refractivity contribution in [1.29, 1.82) is 0 Å². The highest BCUT2D eigenvalue weighted by Crippen LogP contribution is 2.31. The first kappa shape index (κ1) is 15.3. The van der Waals surface area contributed by atoms with Gasteiger partial charge in [0.25, 0.3) is 0 Å². The van der Waals surface area contributed by atoms with Gasteiger partial charge < -0.3 is 10.5 Å². The molecular formula is C18H21NO2. The highest BCUT2D eigenvalue weighted by atomic mass is 16.5. The van der Waals surface area contributed by atoms with Crippen LogP contribution in [0, 0.1) is 0 Å². The third-order valence-corrected chi connectivity index (χ3v) is 3.87. The number of hydrogen-bond donors (Lipinski definition) is 1. The van der Waals surface area contributed by atoms with Gasteiger partial charge in [-0.3, -0.25) is 4.79 Å². The molecule has 2 rings (SSSR count). The number of benzene rings is 2. The molecule has 110 valence electrons. The van der Waals surface area contributed by atoms with Crippen molar-refractivity contribution in [2.24, 2.45) is 5.73 Å². The lowest BCUT2D eigenvalue weighted by Crippen LogP contribution is -2.40. The van der Waals surface area contributed by atoms with Crippen LogP contribution in [0.25, 0.3) is 0 Å². The van der Waals surface area contributed by atoms with Crippen molar-refractivity contribution in [3.05, 3.63) is 71.8 Å². The third kappa shape index (κ3) is 3.70. The molecule has 0 saturated heterocycles. The van der Waals surface area contributed by atoms with Gasteiger partial charge in [0.2, 0.25) is 0 Å². The summed E-state index contributed by atoms with van der Waals surface area (Å²) in [6, 6.07) is 20.1. The number of carbonyl (C=O) groups excluding carboxylic acids is 1. The van der Waals surface area contributed by atoms with E-state index in [2.05, 4.69) is 12.1 Å². The van der Waals surface area contributed by atoms with E-state index in [9.17, 15) is 4.79 Å². The quantitative estimate of drug-likeness (QED) is 0.829. The molecule has 0 aliphatic rings. The first-order chi connectivity index (χ1) is 10.2. The molecule has 0 fully saturated rings. The third-order valence-electron chi connectivity index (χ3n) is 3.87. The second-order valence-electron chi connectivity index (χ2n) is 5.27. The average Bonchev–Trinajstić information content (AvgIpc) is 2.55. The van der Waals surface area contributed by atoms with E-state index in [0.717, 1.165) is 11.1 Å². The molecule has 2 aromatic rings. The number of rotatable bonds is 6. The van der Waals surface area contributed by atoms with Crippen molar-refractivity contribution in [3.63, 3.8) is 0 Å². The summed E-state index contributed by atoms with van der Waals surface area (Å²) in [5.41, 5.74) is 7.88. The molecule has 0 amide bonds. The molecule has 0 aromatic heterocycles. The lowest BCUT2D eigenvalue weighted by atomic mass is 9.73. The fourth-order valence-corrected chi connectivity index (χ4v) is 2.66. The number of methoxy groups -OCH3 is 1. The predicted octanol–water partition coefficient (Wildman–Crippen LogP) is 2.69. The van der Waals surface area contributed by atoms with Gasteiger partial charge in [0.15, 0.2) is 0 Å². The van der Waals surface area contributed by atoms with E-state index in [1.807, 2.05) is 48.5 Å². The maximum absolute atomic E-state index is 11.9. The fourth-order valence-electron chi connectivity index (χ4n) is 2.66. The lowest BCUT2D eigenvalue weighted by Gasteiger charge is -2.32. The maximum Gasteiger partial charge on any atom is 0.306 e. The van der Waals surface area contributed by atoms with Crippen molar-refractivity contribution in [3.8, 4) is 0 Å². The SMILES string of the molecule is COC(=O)CC(CN)(Cc1ccccc1)c1ccccc1. The van der Waals surface area contributed by atoms with Gasteiger partial charge in [0.05, 0.1) is 13.5 Å². The Balaban J connectivity index is 2.39. The van der Waals surface area contributed by atoms with Crippen LogP contribution in [0.2, 0.25) is 0 Å². The smallest absolute Gasteiger partial charge is 0.306 e. The average molecular weight is 283 g/mol. The van der Waals surface area contributed by atoms with Crippen molar-refractivity contribution in [2.45, 2.75) is 18.3 Å². The summed E-state index contributed by atoms with van der Waals surface area (Å²) >= 11 is 0. The van der Waals surface area contributed by atoms with Gasteiger partial charge in [-0.15, -0.1) is 0 Å². The Hall–Kier alpha value is -2.13. The molecule has 0 saturated carbocycles. The maximum atomic E-state index is 11.9. The highest BCUT2D eigenvalue weighted by Gasteiger charge is 2.34. The molecule has 0 heterocycles. The van der Waals surface area contributed by atoms with Crippen molar-refractivity contribution in [2.75, 3.05) is 13.7 Å². The van der Waals surface area contributed by atoms with Crippen LogP contribution in [0.15, 0.2) is 60.7 Å². The number of ether oxygens (including phenoxy) is 1. The second kappa shape index (κ2) is 7.04. The summed E-state index contributed by atoms with van der Waals surface area (Å²) in [4.78, 5) is 11.9. The zero-order chi connectivity index (χ0) is 15.1. The van der Waals surface area contributed by atoms with E-state index >= 15 is 0 Å². The topological polar surface area (TPSA) is 52.3 Å².